The lowest BCUT2D eigenvalue weighted by atomic mass is 9.84. The van der Waals surface area contributed by atoms with Gasteiger partial charge in [0.1, 0.15) is 17.0 Å². The van der Waals surface area contributed by atoms with E-state index in [0.29, 0.717) is 35.0 Å². The van der Waals surface area contributed by atoms with Gasteiger partial charge in [-0.15, -0.1) is 0 Å². The summed E-state index contributed by atoms with van der Waals surface area (Å²) in [5.74, 6) is 0.432. The van der Waals surface area contributed by atoms with Crippen molar-refractivity contribution in [2.75, 3.05) is 32.0 Å². The quantitative estimate of drug-likeness (QED) is 0.725. The van der Waals surface area contributed by atoms with E-state index in [1.54, 1.807) is 19.2 Å². The van der Waals surface area contributed by atoms with Crippen LogP contribution in [0.3, 0.4) is 0 Å². The van der Waals surface area contributed by atoms with E-state index in [4.69, 9.17) is 4.74 Å². The van der Waals surface area contributed by atoms with E-state index in [1.807, 2.05) is 6.07 Å². The van der Waals surface area contributed by atoms with Crippen molar-refractivity contribution in [2.24, 2.45) is 0 Å². The molecule has 4 rings (SSSR count). The number of nitrogens with zero attached hydrogens (tertiary/aromatic N) is 3. The molecule has 1 unspecified atom stereocenters. The van der Waals surface area contributed by atoms with Gasteiger partial charge in [-0.05, 0) is 62.9 Å². The minimum absolute atomic E-state index is 0.432. The highest BCUT2D eigenvalue weighted by Crippen LogP contribution is 2.40. The molecule has 30 heavy (non-hydrogen) atoms. The fraction of sp³-hybridized carbons (Fsp3) is 0.545. The predicted octanol–water partition coefficient (Wildman–Crippen LogP) is 3.78. The minimum atomic E-state index is -1.55. The summed E-state index contributed by atoms with van der Waals surface area (Å²) in [6, 6.07) is 5.35. The summed E-state index contributed by atoms with van der Waals surface area (Å²) in [6.07, 6.45) is 7.11. The van der Waals surface area contributed by atoms with Gasteiger partial charge < -0.3 is 14.2 Å². The van der Waals surface area contributed by atoms with Crippen LogP contribution in [0.25, 0.3) is 0 Å². The molecule has 0 bridgehead atoms. The van der Waals surface area contributed by atoms with E-state index in [9.17, 15) is 4.55 Å². The number of nitrogens with one attached hydrogen (secondary N) is 1. The largest absolute Gasteiger partial charge is 0.588 e. The van der Waals surface area contributed by atoms with Crippen LogP contribution in [0.1, 0.15) is 49.1 Å². The number of hydrogen-bond acceptors (Lipinski definition) is 6. The molecule has 2 aromatic heterocycles. The van der Waals surface area contributed by atoms with Crippen LogP contribution in [0.5, 0.6) is 5.88 Å². The molecule has 162 valence electrons. The number of alkyl halides is 1. The summed E-state index contributed by atoms with van der Waals surface area (Å²) >= 11 is -1.55. The first kappa shape index (κ1) is 21.3. The molecule has 0 amide bonds. The summed E-state index contributed by atoms with van der Waals surface area (Å²) in [4.78, 5) is 11.7. The first-order valence-electron chi connectivity index (χ1n) is 10.6. The van der Waals surface area contributed by atoms with Crippen LogP contribution < -0.4 is 9.46 Å². The molecule has 2 aliphatic rings. The number of aromatic nitrogens is 2. The maximum atomic E-state index is 15.1. The second-order valence-corrected chi connectivity index (χ2v) is 9.44. The molecule has 2 aromatic rings. The Morgan fingerprint density at radius 3 is 2.67 bits per heavy atom. The molecule has 1 atom stereocenters. The molecule has 1 saturated carbocycles. The number of rotatable bonds is 5. The first-order valence-corrected chi connectivity index (χ1v) is 11.7. The maximum absolute atomic E-state index is 15.1. The smallest absolute Gasteiger partial charge is 0.241 e. The van der Waals surface area contributed by atoms with Crippen molar-refractivity contribution in [1.82, 2.24) is 14.9 Å². The molecular formula is C22H29FN4O2S. The zero-order valence-corrected chi connectivity index (χ0v) is 18.4. The zero-order chi connectivity index (χ0) is 21.1. The maximum Gasteiger partial charge on any atom is 0.241 e. The van der Waals surface area contributed by atoms with Crippen molar-refractivity contribution in [3.05, 3.63) is 41.3 Å². The van der Waals surface area contributed by atoms with Crippen molar-refractivity contribution >= 4 is 17.0 Å². The number of anilines is 1. The molecule has 6 nitrogen and oxygen atoms in total. The van der Waals surface area contributed by atoms with Crippen molar-refractivity contribution in [1.29, 1.82) is 0 Å². The van der Waals surface area contributed by atoms with Gasteiger partial charge in [0, 0.05) is 25.2 Å². The van der Waals surface area contributed by atoms with Crippen LogP contribution in [0, 0.1) is 0 Å². The Bertz CT molecular complexity index is 874. The van der Waals surface area contributed by atoms with Crippen molar-refractivity contribution in [3.63, 3.8) is 0 Å². The molecule has 8 heteroatoms. The monoisotopic (exact) mass is 432 g/mol. The Morgan fingerprint density at radius 2 is 1.97 bits per heavy atom. The lowest BCUT2D eigenvalue weighted by molar-refractivity contribution is 0.101. The number of methoxy groups -OCH3 is 1. The van der Waals surface area contributed by atoms with Crippen LogP contribution in [-0.2, 0) is 29.9 Å². The molecular weight excluding hydrogens is 403 g/mol. The number of hydrogen-bond donors (Lipinski definition) is 1. The summed E-state index contributed by atoms with van der Waals surface area (Å²) in [5, 5.41) is 0. The number of pyridine rings is 2. The molecule has 1 fully saturated rings. The number of likely N-dealkylation sites (N-methyl/N-ethyl adjacent to an activating group) is 1. The molecule has 0 radical (unpaired) electrons. The molecule has 3 heterocycles. The number of halogens is 1. The molecule has 1 aliphatic heterocycles. The van der Waals surface area contributed by atoms with Gasteiger partial charge in [0.05, 0.1) is 19.0 Å². The lowest BCUT2D eigenvalue weighted by Gasteiger charge is -2.28. The number of ether oxygens (including phenoxy) is 1. The van der Waals surface area contributed by atoms with E-state index in [-0.39, 0.29) is 0 Å². The molecule has 1 N–H and O–H groups in total. The van der Waals surface area contributed by atoms with Crippen molar-refractivity contribution < 1.29 is 13.7 Å². The number of fused-ring (bicyclic) bond motifs is 1. The Hall–Kier alpha value is -1.90. The topological polar surface area (TPSA) is 73.3 Å². The van der Waals surface area contributed by atoms with Gasteiger partial charge in [0.2, 0.25) is 5.88 Å². The van der Waals surface area contributed by atoms with Gasteiger partial charge >= 0.3 is 0 Å². The fourth-order valence-corrected chi connectivity index (χ4v) is 5.04. The Balaban J connectivity index is 1.51. The van der Waals surface area contributed by atoms with Crippen LogP contribution >= 0.6 is 0 Å². The predicted molar refractivity (Wildman–Crippen MR) is 116 cm³/mol. The summed E-state index contributed by atoms with van der Waals surface area (Å²) in [6.45, 7) is 1.91. The molecule has 1 aliphatic carbocycles. The summed E-state index contributed by atoms with van der Waals surface area (Å²) < 4.78 is 36.5. The lowest BCUT2D eigenvalue weighted by Crippen LogP contribution is -2.25. The summed E-state index contributed by atoms with van der Waals surface area (Å²) in [7, 11) is 3.66. The highest BCUT2D eigenvalue weighted by molar-refractivity contribution is 7.92. The Labute approximate surface area is 180 Å². The van der Waals surface area contributed by atoms with Crippen LogP contribution in [-0.4, -0.2) is 46.7 Å². The molecule has 0 saturated heterocycles. The van der Waals surface area contributed by atoms with Crippen molar-refractivity contribution in [3.8, 4) is 5.88 Å². The Morgan fingerprint density at radius 1 is 1.20 bits per heavy atom. The van der Waals surface area contributed by atoms with Gasteiger partial charge in [-0.2, -0.15) is 4.72 Å². The average molecular weight is 433 g/mol. The van der Waals surface area contributed by atoms with Gasteiger partial charge in [-0.1, -0.05) is 6.42 Å². The van der Waals surface area contributed by atoms with E-state index < -0.39 is 17.0 Å². The zero-order valence-electron chi connectivity index (χ0n) is 17.6. The third kappa shape index (κ3) is 4.55. The normalized spacial score (nSPS) is 20.1. The van der Waals surface area contributed by atoms with Gasteiger partial charge in [-0.25, -0.2) is 9.37 Å². The second kappa shape index (κ2) is 9.08. The highest BCUT2D eigenvalue weighted by atomic mass is 32.2. The van der Waals surface area contributed by atoms with E-state index in [2.05, 4.69) is 26.6 Å². The van der Waals surface area contributed by atoms with Gasteiger partial charge in [0.25, 0.3) is 0 Å². The van der Waals surface area contributed by atoms with Gasteiger partial charge in [0.15, 0.2) is 10.6 Å². The van der Waals surface area contributed by atoms with E-state index in [0.717, 1.165) is 56.5 Å². The van der Waals surface area contributed by atoms with E-state index in [1.165, 1.54) is 6.20 Å². The Kier molecular flexibility index (Phi) is 6.46. The van der Waals surface area contributed by atoms with Crippen LogP contribution in [0.15, 0.2) is 29.3 Å². The van der Waals surface area contributed by atoms with Gasteiger partial charge in [-0.3, -0.25) is 4.98 Å². The van der Waals surface area contributed by atoms with Crippen LogP contribution in [0.4, 0.5) is 10.1 Å². The van der Waals surface area contributed by atoms with Crippen molar-refractivity contribution in [2.45, 2.75) is 55.5 Å². The fourth-order valence-electron chi connectivity index (χ4n) is 4.24. The minimum Gasteiger partial charge on any atom is -0.588 e. The van der Waals surface area contributed by atoms with E-state index >= 15 is 4.39 Å². The molecule has 0 aromatic carbocycles. The molecule has 0 spiro atoms. The second-order valence-electron chi connectivity index (χ2n) is 8.23. The SMILES string of the molecule is COc1nc2c(cc1N[S+]([O-])c1ccc(C3(F)CCCCC3)nc1)CCN(C)CC2. The third-order valence-corrected chi connectivity index (χ3v) is 7.18. The third-order valence-electron chi connectivity index (χ3n) is 6.10. The van der Waals surface area contributed by atoms with Crippen LogP contribution in [0.2, 0.25) is 0 Å². The average Bonchev–Trinajstić information content (AvgIpc) is 2.95. The summed E-state index contributed by atoms with van der Waals surface area (Å²) in [5.41, 5.74) is 1.85. The highest BCUT2D eigenvalue weighted by Gasteiger charge is 2.35. The standard InChI is InChI=1S/C22H29FN4O2S/c1-27-12-8-16-14-19(21(29-2)25-18(16)9-13-27)26-30(28)17-6-7-20(24-15-17)22(23)10-4-3-5-11-22/h6-7,14-15,26H,3-5,8-13H2,1-2H3. The first-order chi connectivity index (χ1) is 14.5.